The van der Waals surface area contributed by atoms with E-state index in [9.17, 15) is 4.79 Å². The monoisotopic (exact) mass is 288 g/mol. The number of piperidine rings is 1. The molecule has 1 heterocycles. The first-order chi connectivity index (χ1) is 10.0. The Hall–Kier alpha value is -1.35. The first kappa shape index (κ1) is 16.0. The summed E-state index contributed by atoms with van der Waals surface area (Å²) in [5.41, 5.74) is 4.31. The number of nitrogens with zero attached hydrogens (tertiary/aromatic N) is 1. The Morgan fingerprint density at radius 1 is 1.29 bits per heavy atom. The molecule has 0 bridgehead atoms. The average Bonchev–Trinajstić information content (AvgIpc) is 2.44. The van der Waals surface area contributed by atoms with Crippen LogP contribution < -0.4 is 5.32 Å². The fourth-order valence-corrected chi connectivity index (χ4v) is 3.42. The Bertz CT molecular complexity index is 481. The lowest BCUT2D eigenvalue weighted by Crippen LogP contribution is -2.41. The quantitative estimate of drug-likeness (QED) is 0.923. The van der Waals surface area contributed by atoms with Crippen molar-refractivity contribution >= 4 is 5.91 Å². The lowest BCUT2D eigenvalue weighted by Gasteiger charge is -2.30. The van der Waals surface area contributed by atoms with Crippen molar-refractivity contribution in [3.63, 3.8) is 0 Å². The molecule has 0 aromatic heterocycles. The summed E-state index contributed by atoms with van der Waals surface area (Å²) in [5.74, 6) is 0.784. The van der Waals surface area contributed by atoms with Gasteiger partial charge in [0.25, 0.3) is 5.91 Å². The number of hydrogen-bond acceptors (Lipinski definition) is 2. The fraction of sp³-hybridized carbons (Fsp3) is 0.611. The maximum Gasteiger partial charge on any atom is 0.254 e. The topological polar surface area (TPSA) is 32.3 Å². The van der Waals surface area contributed by atoms with Crippen molar-refractivity contribution in [2.45, 2.75) is 40.5 Å². The average molecular weight is 288 g/mol. The second kappa shape index (κ2) is 7.08. The van der Waals surface area contributed by atoms with Crippen molar-refractivity contribution in [3.8, 4) is 0 Å². The van der Waals surface area contributed by atoms with Crippen LogP contribution in [0.5, 0.6) is 0 Å². The van der Waals surface area contributed by atoms with Crippen molar-refractivity contribution in [1.82, 2.24) is 10.2 Å². The predicted octanol–water partition coefficient (Wildman–Crippen LogP) is 3.07. The van der Waals surface area contributed by atoms with Gasteiger partial charge < -0.3 is 10.2 Å². The predicted molar refractivity (Wildman–Crippen MR) is 87.8 cm³/mol. The van der Waals surface area contributed by atoms with E-state index in [4.69, 9.17) is 0 Å². The second-order valence-electron chi connectivity index (χ2n) is 6.33. The third-order valence-electron chi connectivity index (χ3n) is 4.44. The maximum atomic E-state index is 12.9. The molecule has 0 aliphatic carbocycles. The molecule has 1 saturated heterocycles. The highest BCUT2D eigenvalue weighted by Crippen LogP contribution is 2.20. The highest BCUT2D eigenvalue weighted by atomic mass is 16.2. The molecule has 21 heavy (non-hydrogen) atoms. The van der Waals surface area contributed by atoms with Gasteiger partial charge in [0.2, 0.25) is 0 Å². The van der Waals surface area contributed by atoms with E-state index in [1.165, 1.54) is 18.4 Å². The van der Waals surface area contributed by atoms with Gasteiger partial charge in [-0.15, -0.1) is 0 Å². The molecule has 1 N–H and O–H groups in total. The van der Waals surface area contributed by atoms with Crippen LogP contribution in [-0.4, -0.2) is 37.0 Å². The van der Waals surface area contributed by atoms with Gasteiger partial charge in [-0.05, 0) is 70.7 Å². The molecule has 1 aliphatic heterocycles. The molecule has 1 aromatic carbocycles. The summed E-state index contributed by atoms with van der Waals surface area (Å²) < 4.78 is 0. The van der Waals surface area contributed by atoms with Gasteiger partial charge in [0, 0.05) is 18.7 Å². The van der Waals surface area contributed by atoms with Crippen LogP contribution in [0, 0.1) is 26.7 Å². The van der Waals surface area contributed by atoms with Crippen LogP contribution in [0.2, 0.25) is 0 Å². The molecular formula is C18H28N2O. The zero-order valence-electron chi connectivity index (χ0n) is 13.8. The molecule has 1 amide bonds. The van der Waals surface area contributed by atoms with Crippen LogP contribution in [0.1, 0.15) is 46.8 Å². The third-order valence-corrected chi connectivity index (χ3v) is 4.44. The van der Waals surface area contributed by atoms with E-state index >= 15 is 0 Å². The summed E-state index contributed by atoms with van der Waals surface area (Å²) in [6.45, 7) is 12.1. The molecule has 1 fully saturated rings. The summed E-state index contributed by atoms with van der Waals surface area (Å²) in [6.07, 6.45) is 2.45. The zero-order valence-corrected chi connectivity index (χ0v) is 13.8. The van der Waals surface area contributed by atoms with Crippen LogP contribution >= 0.6 is 0 Å². The van der Waals surface area contributed by atoms with Gasteiger partial charge in [0.1, 0.15) is 0 Å². The van der Waals surface area contributed by atoms with Gasteiger partial charge in [0.15, 0.2) is 0 Å². The SMILES string of the molecule is CCN(CC1CCCNC1)C(=O)c1c(C)cc(C)cc1C. The molecule has 3 nitrogen and oxygen atoms in total. The van der Waals surface area contributed by atoms with E-state index in [1.807, 2.05) is 18.7 Å². The number of nitrogens with one attached hydrogen (secondary N) is 1. The molecule has 3 heteroatoms. The van der Waals surface area contributed by atoms with Gasteiger partial charge in [0.05, 0.1) is 0 Å². The van der Waals surface area contributed by atoms with Gasteiger partial charge in [-0.2, -0.15) is 0 Å². The van der Waals surface area contributed by atoms with Crippen LogP contribution in [0.25, 0.3) is 0 Å². The van der Waals surface area contributed by atoms with E-state index in [-0.39, 0.29) is 5.91 Å². The Morgan fingerprint density at radius 2 is 1.95 bits per heavy atom. The highest BCUT2D eigenvalue weighted by molar-refractivity contribution is 5.97. The van der Waals surface area contributed by atoms with Gasteiger partial charge in [-0.25, -0.2) is 0 Å². The minimum atomic E-state index is 0.193. The number of rotatable bonds is 4. The standard InChI is InChI=1S/C18H28N2O/c1-5-20(12-16-7-6-8-19-11-16)18(21)17-14(3)9-13(2)10-15(17)4/h9-10,16,19H,5-8,11-12H2,1-4H3. The van der Waals surface area contributed by atoms with E-state index in [2.05, 4.69) is 31.3 Å². The summed E-state index contributed by atoms with van der Waals surface area (Å²) in [4.78, 5) is 14.9. The van der Waals surface area contributed by atoms with Crippen LogP contribution in [0.15, 0.2) is 12.1 Å². The molecule has 0 spiro atoms. The van der Waals surface area contributed by atoms with Crippen molar-refractivity contribution in [3.05, 3.63) is 34.4 Å². The molecule has 1 unspecified atom stereocenters. The molecule has 0 saturated carbocycles. The smallest absolute Gasteiger partial charge is 0.254 e. The van der Waals surface area contributed by atoms with Gasteiger partial charge >= 0.3 is 0 Å². The normalized spacial score (nSPS) is 18.6. The molecule has 1 aromatic rings. The summed E-state index contributed by atoms with van der Waals surface area (Å²) in [5, 5.41) is 3.44. The number of amides is 1. The van der Waals surface area contributed by atoms with Crippen molar-refractivity contribution < 1.29 is 4.79 Å². The maximum absolute atomic E-state index is 12.9. The van der Waals surface area contributed by atoms with E-state index in [1.54, 1.807) is 0 Å². The molecule has 2 rings (SSSR count). The zero-order chi connectivity index (χ0) is 15.4. The summed E-state index contributed by atoms with van der Waals surface area (Å²) >= 11 is 0. The molecule has 1 aliphatic rings. The minimum Gasteiger partial charge on any atom is -0.339 e. The Morgan fingerprint density at radius 3 is 2.48 bits per heavy atom. The van der Waals surface area contributed by atoms with E-state index in [0.29, 0.717) is 5.92 Å². The van der Waals surface area contributed by atoms with Crippen molar-refractivity contribution in [1.29, 1.82) is 0 Å². The third kappa shape index (κ3) is 3.85. The Balaban J connectivity index is 2.16. The van der Waals surface area contributed by atoms with E-state index in [0.717, 1.165) is 42.9 Å². The lowest BCUT2D eigenvalue weighted by molar-refractivity contribution is 0.0727. The largest absolute Gasteiger partial charge is 0.339 e. The van der Waals surface area contributed by atoms with Crippen molar-refractivity contribution in [2.75, 3.05) is 26.2 Å². The van der Waals surface area contributed by atoms with Crippen LogP contribution in [0.4, 0.5) is 0 Å². The minimum absolute atomic E-state index is 0.193. The van der Waals surface area contributed by atoms with E-state index < -0.39 is 0 Å². The van der Waals surface area contributed by atoms with Crippen LogP contribution in [0.3, 0.4) is 0 Å². The molecule has 0 radical (unpaired) electrons. The first-order valence-corrected chi connectivity index (χ1v) is 8.10. The molecular weight excluding hydrogens is 260 g/mol. The number of aryl methyl sites for hydroxylation is 3. The second-order valence-corrected chi connectivity index (χ2v) is 6.33. The number of carbonyl (C=O) groups excluding carboxylic acids is 1. The Labute approximate surface area is 128 Å². The molecule has 116 valence electrons. The van der Waals surface area contributed by atoms with Gasteiger partial charge in [-0.1, -0.05) is 17.7 Å². The first-order valence-electron chi connectivity index (χ1n) is 8.10. The molecule has 1 atom stereocenters. The highest BCUT2D eigenvalue weighted by Gasteiger charge is 2.22. The van der Waals surface area contributed by atoms with Crippen molar-refractivity contribution in [2.24, 2.45) is 5.92 Å². The lowest BCUT2D eigenvalue weighted by atomic mass is 9.96. The number of carbonyl (C=O) groups is 1. The summed E-state index contributed by atoms with van der Waals surface area (Å²) in [7, 11) is 0. The summed E-state index contributed by atoms with van der Waals surface area (Å²) in [6, 6.07) is 4.21. The fourth-order valence-electron chi connectivity index (χ4n) is 3.42. The number of benzene rings is 1. The number of hydrogen-bond donors (Lipinski definition) is 1. The van der Waals surface area contributed by atoms with Crippen LogP contribution in [-0.2, 0) is 0 Å². The Kier molecular flexibility index (Phi) is 5.40. The van der Waals surface area contributed by atoms with Gasteiger partial charge in [-0.3, -0.25) is 4.79 Å².